The molecule has 0 atom stereocenters. The third-order valence-corrected chi connectivity index (χ3v) is 7.41. The molecule has 0 aliphatic carbocycles. The van der Waals surface area contributed by atoms with E-state index in [4.69, 9.17) is 21.7 Å². The zero-order valence-electron chi connectivity index (χ0n) is 22.8. The zero-order chi connectivity index (χ0) is 29.1. The second-order valence-corrected chi connectivity index (χ2v) is 10.00. The van der Waals surface area contributed by atoms with Gasteiger partial charge in [-0.1, -0.05) is 84.9 Å². The molecule has 5 aromatic rings. The molecule has 0 aromatic heterocycles. The van der Waals surface area contributed by atoms with E-state index in [0.29, 0.717) is 35.0 Å². The Balaban J connectivity index is 1.34. The molecule has 0 spiro atoms. The molecular weight excluding hydrogens is 544 g/mol. The minimum absolute atomic E-state index is 0.0252. The van der Waals surface area contributed by atoms with E-state index in [0.717, 1.165) is 16.3 Å². The monoisotopic (exact) mass is 570 g/mol. The molecule has 0 unspecified atom stereocenters. The number of carbonyl (C=O) groups is 2. The van der Waals surface area contributed by atoms with Gasteiger partial charge in [0.2, 0.25) is 0 Å². The van der Waals surface area contributed by atoms with Crippen LogP contribution in [0.5, 0.6) is 11.5 Å². The highest BCUT2D eigenvalue weighted by Gasteiger charge is 2.41. The predicted molar refractivity (Wildman–Crippen MR) is 170 cm³/mol. The fourth-order valence-electron chi connectivity index (χ4n) is 4.97. The number of methoxy groups -OCH3 is 1. The van der Waals surface area contributed by atoms with Crippen molar-refractivity contribution in [2.24, 2.45) is 0 Å². The van der Waals surface area contributed by atoms with Crippen LogP contribution in [0, 0.1) is 0 Å². The van der Waals surface area contributed by atoms with Crippen molar-refractivity contribution in [3.05, 3.63) is 138 Å². The van der Waals surface area contributed by atoms with Gasteiger partial charge in [-0.2, -0.15) is 0 Å². The number of carbonyl (C=O) groups excluding carboxylic acids is 2. The molecule has 1 saturated heterocycles. The number of hydrogen-bond acceptors (Lipinski definition) is 5. The van der Waals surface area contributed by atoms with Crippen molar-refractivity contribution < 1.29 is 19.1 Å². The normalized spacial score (nSPS) is 13.5. The van der Waals surface area contributed by atoms with Gasteiger partial charge in [0.05, 0.1) is 18.5 Å². The highest BCUT2D eigenvalue weighted by atomic mass is 32.1. The number of para-hydroxylation sites is 2. The standard InChI is InChI=1S/C35H26N2O4S/c1-40-32-22-24(19-20-31(32)41-23-26-13-10-12-25-11-8-9-18-29(25)26)21-30-33(38)36(27-14-4-2-5-15-27)35(42)37(34(30)39)28-16-6-3-7-17-28/h2-22H,23H2,1H3. The highest BCUT2D eigenvalue weighted by Crippen LogP contribution is 2.33. The van der Waals surface area contributed by atoms with Crippen LogP contribution in [0.25, 0.3) is 16.8 Å². The van der Waals surface area contributed by atoms with E-state index >= 15 is 0 Å². The highest BCUT2D eigenvalue weighted by molar-refractivity contribution is 7.81. The Labute approximate surface area is 249 Å². The van der Waals surface area contributed by atoms with Crippen LogP contribution >= 0.6 is 12.2 Å². The largest absolute Gasteiger partial charge is 0.493 e. The molecule has 206 valence electrons. The smallest absolute Gasteiger partial charge is 0.270 e. The summed E-state index contributed by atoms with van der Waals surface area (Å²) in [6, 6.07) is 37.7. The maximum Gasteiger partial charge on any atom is 0.270 e. The number of fused-ring (bicyclic) bond motifs is 1. The third-order valence-electron chi connectivity index (χ3n) is 7.04. The number of rotatable bonds is 7. The molecule has 6 rings (SSSR count). The molecule has 2 amide bonds. The van der Waals surface area contributed by atoms with Crippen LogP contribution < -0.4 is 19.3 Å². The maximum absolute atomic E-state index is 13.8. The summed E-state index contributed by atoms with van der Waals surface area (Å²) in [4.78, 5) is 30.3. The number of amides is 2. The fraction of sp³-hybridized carbons (Fsp3) is 0.0571. The van der Waals surface area contributed by atoms with Gasteiger partial charge in [-0.05, 0) is 76.6 Å². The van der Waals surface area contributed by atoms with Crippen LogP contribution in [-0.2, 0) is 16.2 Å². The summed E-state index contributed by atoms with van der Waals surface area (Å²) >= 11 is 5.69. The summed E-state index contributed by atoms with van der Waals surface area (Å²) < 4.78 is 11.8. The Morgan fingerprint density at radius 3 is 1.93 bits per heavy atom. The number of benzene rings is 5. The van der Waals surface area contributed by atoms with Crippen molar-refractivity contribution in [2.45, 2.75) is 6.61 Å². The Kier molecular flexibility index (Phi) is 7.49. The van der Waals surface area contributed by atoms with Crippen LogP contribution in [0.3, 0.4) is 0 Å². The van der Waals surface area contributed by atoms with Crippen molar-refractivity contribution in [2.75, 3.05) is 16.9 Å². The molecule has 0 N–H and O–H groups in total. The number of hydrogen-bond donors (Lipinski definition) is 0. The van der Waals surface area contributed by atoms with E-state index < -0.39 is 11.8 Å². The number of nitrogens with zero attached hydrogens (tertiary/aromatic N) is 2. The molecule has 1 fully saturated rings. The number of anilines is 2. The Bertz CT molecular complexity index is 1770. The predicted octanol–water partition coefficient (Wildman–Crippen LogP) is 7.18. The summed E-state index contributed by atoms with van der Waals surface area (Å²) in [5, 5.41) is 2.36. The van der Waals surface area contributed by atoms with Crippen LogP contribution in [0.1, 0.15) is 11.1 Å². The summed E-state index contributed by atoms with van der Waals surface area (Å²) in [7, 11) is 1.56. The molecule has 0 bridgehead atoms. The van der Waals surface area contributed by atoms with E-state index in [-0.39, 0.29) is 10.7 Å². The fourth-order valence-corrected chi connectivity index (χ4v) is 5.35. The van der Waals surface area contributed by atoms with E-state index in [2.05, 4.69) is 18.2 Å². The minimum Gasteiger partial charge on any atom is -0.493 e. The molecule has 5 aromatic carbocycles. The van der Waals surface area contributed by atoms with Gasteiger partial charge < -0.3 is 9.47 Å². The molecular formula is C35H26N2O4S. The minimum atomic E-state index is -0.501. The first-order valence-corrected chi connectivity index (χ1v) is 13.8. The van der Waals surface area contributed by atoms with Gasteiger partial charge in [0.15, 0.2) is 16.6 Å². The van der Waals surface area contributed by atoms with Crippen molar-refractivity contribution in [1.29, 1.82) is 0 Å². The number of thiocarbonyl (C=S) groups is 1. The Morgan fingerprint density at radius 2 is 1.29 bits per heavy atom. The van der Waals surface area contributed by atoms with Gasteiger partial charge >= 0.3 is 0 Å². The van der Waals surface area contributed by atoms with Gasteiger partial charge in [-0.3, -0.25) is 19.4 Å². The summed E-state index contributed by atoms with van der Waals surface area (Å²) in [5.41, 5.74) is 2.78. The number of ether oxygens (including phenoxy) is 2. The topological polar surface area (TPSA) is 59.1 Å². The van der Waals surface area contributed by atoms with Crippen LogP contribution in [0.2, 0.25) is 0 Å². The Morgan fingerprint density at radius 1 is 0.690 bits per heavy atom. The van der Waals surface area contributed by atoms with Crippen LogP contribution in [0.4, 0.5) is 11.4 Å². The molecule has 7 heteroatoms. The van der Waals surface area contributed by atoms with Gasteiger partial charge in [-0.15, -0.1) is 0 Å². The van der Waals surface area contributed by atoms with E-state index in [1.54, 1.807) is 55.7 Å². The summed E-state index contributed by atoms with van der Waals surface area (Å²) in [5.74, 6) is 0.0276. The first-order chi connectivity index (χ1) is 20.5. The SMILES string of the molecule is COc1cc(C=C2C(=O)N(c3ccccc3)C(=S)N(c3ccccc3)C2=O)ccc1OCc1cccc2ccccc12. The average molecular weight is 571 g/mol. The first kappa shape index (κ1) is 26.9. The second-order valence-electron chi connectivity index (χ2n) is 9.63. The molecule has 42 heavy (non-hydrogen) atoms. The Hall–Kier alpha value is -5.27. The van der Waals surface area contributed by atoms with Gasteiger partial charge in [0.1, 0.15) is 12.2 Å². The molecule has 1 heterocycles. The van der Waals surface area contributed by atoms with Crippen molar-refractivity contribution in [1.82, 2.24) is 0 Å². The zero-order valence-corrected chi connectivity index (χ0v) is 23.6. The maximum atomic E-state index is 13.8. The second kappa shape index (κ2) is 11.7. The van der Waals surface area contributed by atoms with Crippen molar-refractivity contribution in [3.63, 3.8) is 0 Å². The van der Waals surface area contributed by atoms with Crippen molar-refractivity contribution >= 4 is 57.4 Å². The molecule has 1 aliphatic rings. The lowest BCUT2D eigenvalue weighted by atomic mass is 10.0. The first-order valence-electron chi connectivity index (χ1n) is 13.4. The van der Waals surface area contributed by atoms with Gasteiger partial charge in [0.25, 0.3) is 11.8 Å². The lowest BCUT2D eigenvalue weighted by molar-refractivity contribution is -0.120. The molecule has 0 saturated carbocycles. The van der Waals surface area contributed by atoms with E-state index in [9.17, 15) is 9.59 Å². The van der Waals surface area contributed by atoms with Crippen molar-refractivity contribution in [3.8, 4) is 11.5 Å². The average Bonchev–Trinajstić information content (AvgIpc) is 3.03. The molecule has 0 radical (unpaired) electrons. The van der Waals surface area contributed by atoms with Crippen LogP contribution in [-0.4, -0.2) is 24.0 Å². The van der Waals surface area contributed by atoms with E-state index in [1.165, 1.54) is 9.80 Å². The van der Waals surface area contributed by atoms with Crippen LogP contribution in [0.15, 0.2) is 127 Å². The molecule has 6 nitrogen and oxygen atoms in total. The summed E-state index contributed by atoms with van der Waals surface area (Å²) in [6.07, 6.45) is 1.56. The van der Waals surface area contributed by atoms with Gasteiger partial charge in [0, 0.05) is 0 Å². The van der Waals surface area contributed by atoms with E-state index in [1.807, 2.05) is 60.7 Å². The lowest BCUT2D eigenvalue weighted by Gasteiger charge is -2.36. The quantitative estimate of drug-likeness (QED) is 0.118. The molecule has 1 aliphatic heterocycles. The van der Waals surface area contributed by atoms with Gasteiger partial charge in [-0.25, -0.2) is 0 Å². The summed E-state index contributed by atoms with van der Waals surface area (Å²) in [6.45, 7) is 0.352. The lowest BCUT2D eigenvalue weighted by Crippen LogP contribution is -2.56. The third kappa shape index (κ3) is 5.13.